The Morgan fingerprint density at radius 1 is 1.44 bits per heavy atom. The van der Waals surface area contributed by atoms with E-state index in [2.05, 4.69) is 6.92 Å². The van der Waals surface area contributed by atoms with Gasteiger partial charge >= 0.3 is 0 Å². The van der Waals surface area contributed by atoms with E-state index in [1.165, 1.54) is 17.8 Å². The lowest BCUT2D eigenvalue weighted by Gasteiger charge is -2.34. The minimum Gasteiger partial charge on any atom is -0.0590 e. The predicted molar refractivity (Wildman–Crippen MR) is 34.9 cm³/mol. The zero-order chi connectivity index (χ0) is 5.85. The third-order valence-electron chi connectivity index (χ3n) is 5.00. The predicted octanol–water partition coefficient (Wildman–Crippen LogP) is 2.05. The van der Waals surface area contributed by atoms with Crippen molar-refractivity contribution >= 4 is 0 Å². The van der Waals surface area contributed by atoms with E-state index in [4.69, 9.17) is 0 Å². The molecule has 0 N–H and O–H groups in total. The van der Waals surface area contributed by atoms with E-state index < -0.39 is 0 Å². The topological polar surface area (TPSA) is 0 Å². The van der Waals surface area contributed by atoms with Crippen LogP contribution in [-0.4, -0.2) is 0 Å². The standard InChI is InChI=1S/C9H12/c1-8-4-9-3-5(9)2-6(8)7(8)9/h5-7H,2-4H2,1H3/t5?,6?,7-,8-,9?/m0/s1. The van der Waals surface area contributed by atoms with Crippen LogP contribution in [-0.2, 0) is 0 Å². The molecule has 4 saturated carbocycles. The van der Waals surface area contributed by atoms with Crippen LogP contribution in [0.25, 0.3) is 0 Å². The van der Waals surface area contributed by atoms with E-state index in [1.807, 2.05) is 0 Å². The smallest absolute Gasteiger partial charge is 0.0224 e. The number of hydrogen-bond donors (Lipinski definition) is 0. The fourth-order valence-electron chi connectivity index (χ4n) is 4.67. The largest absolute Gasteiger partial charge is 0.0590 e. The van der Waals surface area contributed by atoms with Crippen molar-refractivity contribution in [1.82, 2.24) is 0 Å². The lowest BCUT2D eigenvalue weighted by atomic mass is 9.70. The van der Waals surface area contributed by atoms with E-state index in [9.17, 15) is 0 Å². The first-order valence-electron chi connectivity index (χ1n) is 4.27. The van der Waals surface area contributed by atoms with Gasteiger partial charge in [0, 0.05) is 0 Å². The molecule has 0 nitrogen and oxygen atoms in total. The molecule has 5 atom stereocenters. The summed E-state index contributed by atoms with van der Waals surface area (Å²) in [6, 6.07) is 0. The van der Waals surface area contributed by atoms with Crippen molar-refractivity contribution in [2.75, 3.05) is 0 Å². The Balaban J connectivity index is 1.96. The summed E-state index contributed by atoms with van der Waals surface area (Å²) in [4.78, 5) is 0. The summed E-state index contributed by atoms with van der Waals surface area (Å²) in [7, 11) is 0. The van der Waals surface area contributed by atoms with Crippen LogP contribution in [0, 0.1) is 28.6 Å². The molecule has 0 radical (unpaired) electrons. The van der Waals surface area contributed by atoms with Gasteiger partial charge in [-0.1, -0.05) is 6.92 Å². The summed E-state index contributed by atoms with van der Waals surface area (Å²) in [5.41, 5.74) is 1.91. The van der Waals surface area contributed by atoms with Crippen LogP contribution in [0.4, 0.5) is 0 Å². The quantitative estimate of drug-likeness (QED) is 0.459. The summed E-state index contributed by atoms with van der Waals surface area (Å²) in [6.07, 6.45) is 4.88. The zero-order valence-corrected chi connectivity index (χ0v) is 5.85. The molecule has 0 heterocycles. The van der Waals surface area contributed by atoms with E-state index in [0.29, 0.717) is 0 Å². The fourth-order valence-corrected chi connectivity index (χ4v) is 4.67. The molecule has 4 fully saturated rings. The van der Waals surface area contributed by atoms with E-state index in [0.717, 1.165) is 10.8 Å². The van der Waals surface area contributed by atoms with Gasteiger partial charge in [0.05, 0.1) is 0 Å². The molecule has 0 aromatic rings. The second kappa shape index (κ2) is 0.681. The molecule has 0 bridgehead atoms. The molecule has 4 aliphatic rings. The van der Waals surface area contributed by atoms with Crippen molar-refractivity contribution in [3.05, 3.63) is 0 Å². The number of hydrogen-bond acceptors (Lipinski definition) is 0. The van der Waals surface area contributed by atoms with Crippen molar-refractivity contribution in [2.24, 2.45) is 28.6 Å². The number of rotatable bonds is 0. The molecule has 0 saturated heterocycles. The lowest BCUT2D eigenvalue weighted by molar-refractivity contribution is 0.143. The van der Waals surface area contributed by atoms with E-state index in [1.54, 1.807) is 19.3 Å². The first-order chi connectivity index (χ1) is 4.27. The average molecular weight is 120 g/mol. The minimum atomic E-state index is 0.910. The monoisotopic (exact) mass is 120 g/mol. The Kier molecular flexibility index (Phi) is 0.302. The summed E-state index contributed by atoms with van der Waals surface area (Å²) >= 11 is 0. The highest BCUT2D eigenvalue weighted by atomic mass is 14.9. The summed E-state index contributed by atoms with van der Waals surface area (Å²) in [5.74, 6) is 3.69. The van der Waals surface area contributed by atoms with Gasteiger partial charge < -0.3 is 0 Å². The Hall–Kier alpha value is 0. The van der Waals surface area contributed by atoms with Gasteiger partial charge in [-0.15, -0.1) is 0 Å². The highest BCUT2D eigenvalue weighted by Crippen LogP contribution is 2.96. The summed E-state index contributed by atoms with van der Waals surface area (Å²) in [6.45, 7) is 2.52. The minimum absolute atomic E-state index is 0.910. The van der Waals surface area contributed by atoms with Crippen LogP contribution in [0.2, 0.25) is 0 Å². The molecule has 48 valence electrons. The molecular formula is C9H12. The van der Waals surface area contributed by atoms with Crippen LogP contribution in [0.1, 0.15) is 26.2 Å². The molecule has 0 aromatic heterocycles. The van der Waals surface area contributed by atoms with Crippen LogP contribution in [0.3, 0.4) is 0 Å². The van der Waals surface area contributed by atoms with Crippen molar-refractivity contribution in [3.63, 3.8) is 0 Å². The Bertz CT molecular complexity index is 220. The van der Waals surface area contributed by atoms with Crippen molar-refractivity contribution in [3.8, 4) is 0 Å². The maximum Gasteiger partial charge on any atom is -0.0224 e. The van der Waals surface area contributed by atoms with Gasteiger partial charge in [0.15, 0.2) is 0 Å². The SMILES string of the molecule is C[C@]12CC34CC3CC1[C@H]42. The summed E-state index contributed by atoms with van der Waals surface area (Å²) in [5, 5.41) is 0. The lowest BCUT2D eigenvalue weighted by Crippen LogP contribution is -2.27. The Morgan fingerprint density at radius 2 is 2.33 bits per heavy atom. The van der Waals surface area contributed by atoms with Crippen LogP contribution in [0.15, 0.2) is 0 Å². The van der Waals surface area contributed by atoms with Crippen LogP contribution >= 0.6 is 0 Å². The molecule has 4 rings (SSSR count). The van der Waals surface area contributed by atoms with Gasteiger partial charge in [-0.05, 0) is 47.8 Å². The third-order valence-corrected chi connectivity index (χ3v) is 5.00. The Morgan fingerprint density at radius 3 is 2.78 bits per heavy atom. The second-order valence-corrected chi connectivity index (χ2v) is 5.14. The molecule has 0 amide bonds. The molecule has 4 aliphatic carbocycles. The fraction of sp³-hybridized carbons (Fsp3) is 1.00. The van der Waals surface area contributed by atoms with Gasteiger partial charge in [0.1, 0.15) is 0 Å². The highest BCUT2D eigenvalue weighted by molar-refractivity contribution is 5.38. The molecule has 0 heteroatoms. The molecule has 3 unspecified atom stereocenters. The van der Waals surface area contributed by atoms with Gasteiger partial charge in [-0.25, -0.2) is 0 Å². The van der Waals surface area contributed by atoms with Gasteiger partial charge in [0.2, 0.25) is 0 Å². The van der Waals surface area contributed by atoms with Crippen molar-refractivity contribution in [2.45, 2.75) is 26.2 Å². The summed E-state index contributed by atoms with van der Waals surface area (Å²) < 4.78 is 0. The van der Waals surface area contributed by atoms with Crippen molar-refractivity contribution in [1.29, 1.82) is 0 Å². The maximum atomic E-state index is 2.52. The van der Waals surface area contributed by atoms with Crippen LogP contribution in [0.5, 0.6) is 0 Å². The molecular weight excluding hydrogens is 108 g/mol. The normalized spacial score (nSPS) is 87.0. The molecule has 0 aromatic carbocycles. The first-order valence-corrected chi connectivity index (χ1v) is 4.27. The van der Waals surface area contributed by atoms with Crippen molar-refractivity contribution < 1.29 is 0 Å². The first kappa shape index (κ1) is 4.00. The van der Waals surface area contributed by atoms with Gasteiger partial charge in [-0.2, -0.15) is 0 Å². The molecule has 0 aliphatic heterocycles. The molecule has 9 heavy (non-hydrogen) atoms. The van der Waals surface area contributed by atoms with Gasteiger partial charge in [-0.3, -0.25) is 0 Å². The second-order valence-electron chi connectivity index (χ2n) is 5.14. The van der Waals surface area contributed by atoms with E-state index >= 15 is 0 Å². The maximum absolute atomic E-state index is 2.52. The average Bonchev–Trinajstić information content (AvgIpc) is 2.51. The van der Waals surface area contributed by atoms with Crippen LogP contribution < -0.4 is 0 Å². The van der Waals surface area contributed by atoms with E-state index in [-0.39, 0.29) is 0 Å². The Labute approximate surface area is 55.6 Å². The third kappa shape index (κ3) is 0.189. The highest BCUT2D eigenvalue weighted by Gasteiger charge is 2.90. The van der Waals surface area contributed by atoms with Gasteiger partial charge in [0.25, 0.3) is 0 Å². The number of fused-ring (bicyclic) bond motifs is 1. The molecule has 1 spiro atoms. The zero-order valence-electron chi connectivity index (χ0n) is 5.85.